The molecule has 31 heavy (non-hydrogen) atoms. The molecule has 1 saturated heterocycles. The summed E-state index contributed by atoms with van der Waals surface area (Å²) in [5, 5.41) is 10.9. The Balaban J connectivity index is 1.99. The number of carboxylic acid groups (broad SMARTS) is 1. The first kappa shape index (κ1) is 22.3. The van der Waals surface area contributed by atoms with Crippen molar-refractivity contribution in [2.75, 3.05) is 18.6 Å². The maximum absolute atomic E-state index is 12.9. The van der Waals surface area contributed by atoms with E-state index in [-0.39, 0.29) is 27.8 Å². The number of methoxy groups -OCH3 is 1. The molecule has 4 amide bonds. The molecule has 2 N–H and O–H groups in total. The molecule has 0 aromatic heterocycles. The lowest BCUT2D eigenvalue weighted by Crippen LogP contribution is -2.54. The highest BCUT2D eigenvalue weighted by atomic mass is 79.9. The predicted octanol–water partition coefficient (Wildman–Crippen LogP) is 3.24. The zero-order valence-corrected chi connectivity index (χ0v) is 18.2. The van der Waals surface area contributed by atoms with Crippen molar-refractivity contribution in [3.63, 3.8) is 0 Å². The third-order valence-electron chi connectivity index (χ3n) is 4.09. The molecule has 1 fully saturated rings. The van der Waals surface area contributed by atoms with Gasteiger partial charge in [-0.1, -0.05) is 27.5 Å². The van der Waals surface area contributed by atoms with Crippen molar-refractivity contribution in [1.29, 1.82) is 0 Å². The van der Waals surface area contributed by atoms with Crippen molar-refractivity contribution in [1.82, 2.24) is 5.32 Å². The van der Waals surface area contributed by atoms with E-state index in [2.05, 4.69) is 21.2 Å². The number of halogens is 2. The van der Waals surface area contributed by atoms with E-state index >= 15 is 0 Å². The Bertz CT molecular complexity index is 1120. The Morgan fingerprint density at radius 1 is 1.23 bits per heavy atom. The molecule has 1 aliphatic heterocycles. The number of anilines is 1. The molecule has 3 rings (SSSR count). The topological polar surface area (TPSA) is 122 Å². The van der Waals surface area contributed by atoms with Crippen molar-refractivity contribution in [3.05, 3.63) is 57.0 Å². The number of nitrogens with one attached hydrogen (secondary N) is 1. The van der Waals surface area contributed by atoms with Gasteiger partial charge in [0, 0.05) is 4.47 Å². The average Bonchev–Trinajstić information content (AvgIpc) is 2.71. The number of nitrogens with zero attached hydrogens (tertiary/aromatic N) is 1. The van der Waals surface area contributed by atoms with Crippen LogP contribution in [-0.2, 0) is 14.4 Å². The molecule has 2 aromatic carbocycles. The monoisotopic (exact) mass is 508 g/mol. The lowest BCUT2D eigenvalue weighted by atomic mass is 10.1. The van der Waals surface area contributed by atoms with Crippen LogP contribution in [0.5, 0.6) is 11.5 Å². The smallest absolute Gasteiger partial charge is 0.341 e. The molecule has 0 spiro atoms. The standard InChI is InChI=1S/C20H14BrClN2O7/c1-30-15-8-10(7-14(22)17(15)31-9-16(25)26)6-13-18(27)23-20(29)24(19(13)28)12-4-2-11(21)3-5-12/h2-8H,9H2,1H3,(H,25,26)(H,23,27,29)/b13-6+. The third kappa shape index (κ3) is 4.86. The second-order valence-corrected chi connectivity index (χ2v) is 7.47. The summed E-state index contributed by atoms with van der Waals surface area (Å²) in [6, 6.07) is 8.30. The van der Waals surface area contributed by atoms with E-state index in [1.165, 1.54) is 25.3 Å². The Morgan fingerprint density at radius 2 is 1.90 bits per heavy atom. The van der Waals surface area contributed by atoms with Gasteiger partial charge in [0.15, 0.2) is 18.1 Å². The van der Waals surface area contributed by atoms with Crippen molar-refractivity contribution in [2.24, 2.45) is 0 Å². The van der Waals surface area contributed by atoms with E-state index in [0.717, 1.165) is 9.37 Å². The van der Waals surface area contributed by atoms with E-state index in [0.29, 0.717) is 5.56 Å². The second-order valence-electron chi connectivity index (χ2n) is 6.15. The number of carbonyl (C=O) groups excluding carboxylic acids is 3. The molecule has 1 aliphatic rings. The summed E-state index contributed by atoms with van der Waals surface area (Å²) in [5.74, 6) is -2.79. The van der Waals surface area contributed by atoms with Crippen molar-refractivity contribution in [2.45, 2.75) is 0 Å². The normalized spacial score (nSPS) is 15.1. The van der Waals surface area contributed by atoms with Gasteiger partial charge in [0.05, 0.1) is 17.8 Å². The van der Waals surface area contributed by atoms with Gasteiger partial charge >= 0.3 is 12.0 Å². The van der Waals surface area contributed by atoms with Gasteiger partial charge in [-0.3, -0.25) is 14.9 Å². The summed E-state index contributed by atoms with van der Waals surface area (Å²) in [6.45, 7) is -0.637. The molecule has 160 valence electrons. The van der Waals surface area contributed by atoms with Crippen molar-refractivity contribution in [3.8, 4) is 11.5 Å². The highest BCUT2D eigenvalue weighted by Gasteiger charge is 2.36. The Morgan fingerprint density at radius 3 is 2.52 bits per heavy atom. The van der Waals surface area contributed by atoms with Crippen LogP contribution in [0.4, 0.5) is 10.5 Å². The van der Waals surface area contributed by atoms with Gasteiger partial charge in [0.1, 0.15) is 5.57 Å². The first-order valence-electron chi connectivity index (χ1n) is 8.60. The number of aliphatic carboxylic acids is 1. The number of barbiturate groups is 1. The zero-order valence-electron chi connectivity index (χ0n) is 15.8. The first-order chi connectivity index (χ1) is 14.7. The van der Waals surface area contributed by atoms with E-state index in [1.54, 1.807) is 24.3 Å². The SMILES string of the molecule is COc1cc(/C=C2\C(=O)NC(=O)N(c3ccc(Br)cc3)C2=O)cc(Cl)c1OCC(=O)O. The molecule has 0 bridgehead atoms. The summed E-state index contributed by atoms with van der Waals surface area (Å²) in [6.07, 6.45) is 1.24. The second kappa shape index (κ2) is 9.19. The number of benzene rings is 2. The van der Waals surface area contributed by atoms with E-state index in [4.69, 9.17) is 26.2 Å². The zero-order chi connectivity index (χ0) is 22.7. The van der Waals surface area contributed by atoms with Crippen LogP contribution in [0.15, 0.2) is 46.4 Å². The van der Waals surface area contributed by atoms with Crippen LogP contribution in [0.2, 0.25) is 5.02 Å². The van der Waals surface area contributed by atoms with Gasteiger partial charge in [-0.15, -0.1) is 0 Å². The molecule has 2 aromatic rings. The fourth-order valence-corrected chi connectivity index (χ4v) is 3.28. The Hall–Kier alpha value is -3.37. The maximum Gasteiger partial charge on any atom is 0.341 e. The summed E-state index contributed by atoms with van der Waals surface area (Å²) in [4.78, 5) is 49.1. The number of amides is 4. The quantitative estimate of drug-likeness (QED) is 0.453. The molecule has 11 heteroatoms. The number of carbonyl (C=O) groups is 4. The van der Waals surface area contributed by atoms with Gasteiger partial charge in [-0.05, 0) is 48.0 Å². The van der Waals surface area contributed by atoms with Crippen LogP contribution in [-0.4, -0.2) is 42.6 Å². The number of hydrogen-bond acceptors (Lipinski definition) is 6. The minimum atomic E-state index is -1.20. The number of hydrogen-bond donors (Lipinski definition) is 2. The number of urea groups is 1. The van der Waals surface area contributed by atoms with Crippen molar-refractivity contribution >= 4 is 63.1 Å². The van der Waals surface area contributed by atoms with Gasteiger partial charge < -0.3 is 14.6 Å². The molecule has 0 radical (unpaired) electrons. The minimum Gasteiger partial charge on any atom is -0.493 e. The fraction of sp³-hybridized carbons (Fsp3) is 0.100. The average molecular weight is 510 g/mol. The Kier molecular flexibility index (Phi) is 6.62. The largest absolute Gasteiger partial charge is 0.493 e. The summed E-state index contributed by atoms with van der Waals surface area (Å²) < 4.78 is 11.1. The van der Waals surface area contributed by atoms with Gasteiger partial charge in [-0.2, -0.15) is 0 Å². The highest BCUT2D eigenvalue weighted by Crippen LogP contribution is 2.37. The van der Waals surface area contributed by atoms with Crippen LogP contribution < -0.4 is 19.7 Å². The minimum absolute atomic E-state index is 0.000180. The van der Waals surface area contributed by atoms with Gasteiger partial charge in [-0.25, -0.2) is 14.5 Å². The van der Waals surface area contributed by atoms with Crippen LogP contribution in [0, 0.1) is 0 Å². The van der Waals surface area contributed by atoms with Crippen molar-refractivity contribution < 1.29 is 33.8 Å². The molecule has 0 aliphatic carbocycles. The van der Waals surface area contributed by atoms with Gasteiger partial charge in [0.25, 0.3) is 11.8 Å². The molecule has 9 nitrogen and oxygen atoms in total. The highest BCUT2D eigenvalue weighted by molar-refractivity contribution is 9.10. The summed E-state index contributed by atoms with van der Waals surface area (Å²) >= 11 is 9.44. The molecule has 0 saturated carbocycles. The lowest BCUT2D eigenvalue weighted by molar-refractivity contribution is -0.139. The molecular weight excluding hydrogens is 496 g/mol. The molecule has 0 unspecified atom stereocenters. The summed E-state index contributed by atoms with van der Waals surface area (Å²) in [5.41, 5.74) is 0.269. The lowest BCUT2D eigenvalue weighted by Gasteiger charge is -2.26. The molecular formula is C20H14BrClN2O7. The first-order valence-corrected chi connectivity index (χ1v) is 9.77. The number of ether oxygens (including phenoxy) is 2. The molecule has 0 atom stereocenters. The fourth-order valence-electron chi connectivity index (χ4n) is 2.75. The van der Waals surface area contributed by atoms with E-state index < -0.39 is 30.4 Å². The van der Waals surface area contributed by atoms with Gasteiger partial charge in [0.2, 0.25) is 0 Å². The summed E-state index contributed by atoms with van der Waals surface area (Å²) in [7, 11) is 1.32. The van der Waals surface area contributed by atoms with Crippen LogP contribution in [0.3, 0.4) is 0 Å². The number of imide groups is 2. The maximum atomic E-state index is 12.9. The Labute approximate surface area is 189 Å². The number of rotatable bonds is 6. The molecule has 1 heterocycles. The number of carboxylic acids is 1. The van der Waals surface area contributed by atoms with E-state index in [9.17, 15) is 19.2 Å². The van der Waals surface area contributed by atoms with Crippen LogP contribution in [0.25, 0.3) is 6.08 Å². The van der Waals surface area contributed by atoms with Crippen LogP contribution in [0.1, 0.15) is 5.56 Å². The predicted molar refractivity (Wildman–Crippen MR) is 114 cm³/mol. The van der Waals surface area contributed by atoms with E-state index in [1.807, 2.05) is 0 Å². The third-order valence-corrected chi connectivity index (χ3v) is 4.90. The van der Waals surface area contributed by atoms with Crippen LogP contribution >= 0.6 is 27.5 Å².